The first-order valence-corrected chi connectivity index (χ1v) is 6.97. The Labute approximate surface area is 95.8 Å². The van der Waals surface area contributed by atoms with Crippen LogP contribution in [0.15, 0.2) is 0 Å². The topological polar surface area (TPSA) is 0 Å². The van der Waals surface area contributed by atoms with Crippen molar-refractivity contribution in [1.82, 2.24) is 0 Å². The largest absolute Gasteiger partial charge is 0.0622 e. The van der Waals surface area contributed by atoms with Crippen LogP contribution in [0.2, 0.25) is 0 Å². The van der Waals surface area contributed by atoms with Crippen molar-refractivity contribution in [3.05, 3.63) is 0 Å². The molecule has 0 amide bonds. The molecule has 0 N–H and O–H groups in total. The first-order valence-electron chi connectivity index (χ1n) is 6.97. The SMILES string of the molecule is CC1CC1C1CC1CCCCC(C)(C)C. The predicted octanol–water partition coefficient (Wildman–Crippen LogP) is 4.89. The maximum absolute atomic E-state index is 2.43. The van der Waals surface area contributed by atoms with Crippen LogP contribution < -0.4 is 0 Å². The van der Waals surface area contributed by atoms with Crippen molar-refractivity contribution in [3.63, 3.8) is 0 Å². The van der Waals surface area contributed by atoms with Gasteiger partial charge in [-0.25, -0.2) is 0 Å². The zero-order valence-corrected chi connectivity index (χ0v) is 11.1. The Kier molecular flexibility index (Phi) is 3.14. The maximum atomic E-state index is 2.43. The minimum absolute atomic E-state index is 0.550. The van der Waals surface area contributed by atoms with Gasteiger partial charge in [0.1, 0.15) is 0 Å². The Morgan fingerprint density at radius 1 is 1.00 bits per heavy atom. The van der Waals surface area contributed by atoms with E-state index < -0.39 is 0 Å². The third-order valence-electron chi connectivity index (χ3n) is 4.45. The zero-order valence-electron chi connectivity index (χ0n) is 11.1. The van der Waals surface area contributed by atoms with Crippen LogP contribution in [-0.4, -0.2) is 0 Å². The molecule has 0 aliphatic heterocycles. The summed E-state index contributed by atoms with van der Waals surface area (Å²) in [5.41, 5.74) is 0.550. The molecule has 0 bridgehead atoms. The quantitative estimate of drug-likeness (QED) is 0.565. The van der Waals surface area contributed by atoms with Gasteiger partial charge in [0.25, 0.3) is 0 Å². The van der Waals surface area contributed by atoms with Crippen LogP contribution in [0.4, 0.5) is 0 Å². The summed E-state index contributed by atoms with van der Waals surface area (Å²) in [5.74, 6) is 4.53. The van der Waals surface area contributed by atoms with Crippen molar-refractivity contribution < 1.29 is 0 Å². The summed E-state index contributed by atoms with van der Waals surface area (Å²) < 4.78 is 0. The number of rotatable bonds is 5. The summed E-state index contributed by atoms with van der Waals surface area (Å²) in [4.78, 5) is 0. The summed E-state index contributed by atoms with van der Waals surface area (Å²) in [7, 11) is 0. The molecule has 2 aliphatic rings. The second-order valence-electron chi connectivity index (χ2n) is 7.34. The van der Waals surface area contributed by atoms with E-state index in [1.54, 1.807) is 12.8 Å². The van der Waals surface area contributed by atoms with Crippen molar-refractivity contribution in [1.29, 1.82) is 0 Å². The molecule has 0 radical (unpaired) electrons. The molecular weight excluding hydrogens is 180 g/mol. The zero-order chi connectivity index (χ0) is 11.1. The lowest BCUT2D eigenvalue weighted by Gasteiger charge is -2.17. The van der Waals surface area contributed by atoms with Crippen molar-refractivity contribution in [3.8, 4) is 0 Å². The van der Waals surface area contributed by atoms with Crippen LogP contribution in [0, 0.1) is 29.1 Å². The van der Waals surface area contributed by atoms with Crippen molar-refractivity contribution in [2.24, 2.45) is 29.1 Å². The second-order valence-corrected chi connectivity index (χ2v) is 7.34. The van der Waals surface area contributed by atoms with Gasteiger partial charge in [-0.05, 0) is 48.3 Å². The molecule has 15 heavy (non-hydrogen) atoms. The lowest BCUT2D eigenvalue weighted by Crippen LogP contribution is -2.04. The highest BCUT2D eigenvalue weighted by Gasteiger charge is 2.50. The molecule has 0 aromatic carbocycles. The highest BCUT2D eigenvalue weighted by Crippen LogP contribution is 2.59. The predicted molar refractivity (Wildman–Crippen MR) is 66.8 cm³/mol. The van der Waals surface area contributed by atoms with E-state index in [1.807, 2.05) is 0 Å². The highest BCUT2D eigenvalue weighted by molar-refractivity contribution is 5.00. The minimum atomic E-state index is 0.550. The molecule has 2 aliphatic carbocycles. The number of hydrogen-bond acceptors (Lipinski definition) is 0. The molecule has 0 aromatic rings. The molecular formula is C15H28. The Hall–Kier alpha value is 0. The molecule has 0 saturated heterocycles. The van der Waals surface area contributed by atoms with Gasteiger partial charge in [-0.3, -0.25) is 0 Å². The third-order valence-corrected chi connectivity index (χ3v) is 4.45. The molecule has 0 nitrogen and oxygen atoms in total. The summed E-state index contributed by atoms with van der Waals surface area (Å²) in [6.07, 6.45) is 8.99. The van der Waals surface area contributed by atoms with Crippen LogP contribution in [0.1, 0.15) is 66.2 Å². The van der Waals surface area contributed by atoms with Crippen LogP contribution in [0.3, 0.4) is 0 Å². The number of hydrogen-bond donors (Lipinski definition) is 0. The van der Waals surface area contributed by atoms with Gasteiger partial charge in [-0.1, -0.05) is 47.0 Å². The fourth-order valence-electron chi connectivity index (χ4n) is 3.14. The fourth-order valence-corrected chi connectivity index (χ4v) is 3.14. The first kappa shape index (κ1) is 11.5. The van der Waals surface area contributed by atoms with Crippen LogP contribution >= 0.6 is 0 Å². The molecule has 0 heterocycles. The first-order chi connectivity index (χ1) is 6.97. The smallest absolute Gasteiger partial charge is 0.0352 e. The summed E-state index contributed by atoms with van der Waals surface area (Å²) >= 11 is 0. The van der Waals surface area contributed by atoms with E-state index in [1.165, 1.54) is 25.7 Å². The van der Waals surface area contributed by atoms with Crippen LogP contribution in [0.25, 0.3) is 0 Å². The van der Waals surface area contributed by atoms with Crippen molar-refractivity contribution >= 4 is 0 Å². The Morgan fingerprint density at radius 2 is 1.67 bits per heavy atom. The molecule has 2 rings (SSSR count). The normalized spacial score (nSPS) is 39.2. The van der Waals surface area contributed by atoms with Gasteiger partial charge < -0.3 is 0 Å². The Balaban J connectivity index is 1.50. The number of unbranched alkanes of at least 4 members (excludes halogenated alkanes) is 1. The third kappa shape index (κ3) is 3.50. The summed E-state index contributed by atoms with van der Waals surface area (Å²) in [5, 5.41) is 0. The highest BCUT2D eigenvalue weighted by atomic mass is 14.6. The fraction of sp³-hybridized carbons (Fsp3) is 1.00. The molecule has 2 saturated carbocycles. The standard InChI is InChI=1S/C15H28/c1-11-9-13(11)14-10-12(14)7-5-6-8-15(2,3)4/h11-14H,5-10H2,1-4H3. The van der Waals surface area contributed by atoms with Crippen LogP contribution in [-0.2, 0) is 0 Å². The van der Waals surface area contributed by atoms with Gasteiger partial charge in [0.05, 0.1) is 0 Å². The van der Waals surface area contributed by atoms with E-state index in [4.69, 9.17) is 0 Å². The monoisotopic (exact) mass is 208 g/mol. The lowest BCUT2D eigenvalue weighted by atomic mass is 9.89. The van der Waals surface area contributed by atoms with Gasteiger partial charge in [0.15, 0.2) is 0 Å². The van der Waals surface area contributed by atoms with Crippen molar-refractivity contribution in [2.75, 3.05) is 0 Å². The molecule has 0 heteroatoms. The average molecular weight is 208 g/mol. The molecule has 4 unspecified atom stereocenters. The Bertz CT molecular complexity index is 211. The molecule has 88 valence electrons. The minimum Gasteiger partial charge on any atom is -0.0622 e. The van der Waals surface area contributed by atoms with Gasteiger partial charge >= 0.3 is 0 Å². The van der Waals surface area contributed by atoms with Crippen LogP contribution in [0.5, 0.6) is 0 Å². The molecule has 4 atom stereocenters. The van der Waals surface area contributed by atoms with E-state index in [0.717, 1.165) is 23.7 Å². The summed E-state index contributed by atoms with van der Waals surface area (Å²) in [6.45, 7) is 9.51. The second kappa shape index (κ2) is 4.11. The van der Waals surface area contributed by atoms with E-state index >= 15 is 0 Å². The molecule has 0 spiro atoms. The lowest BCUT2D eigenvalue weighted by molar-refractivity contribution is 0.354. The molecule has 0 aromatic heterocycles. The Morgan fingerprint density at radius 3 is 2.20 bits per heavy atom. The average Bonchev–Trinajstić information content (AvgIpc) is 2.94. The van der Waals surface area contributed by atoms with Gasteiger partial charge in [-0.2, -0.15) is 0 Å². The molecule has 2 fully saturated rings. The van der Waals surface area contributed by atoms with Gasteiger partial charge in [-0.15, -0.1) is 0 Å². The maximum Gasteiger partial charge on any atom is -0.0352 e. The summed E-state index contributed by atoms with van der Waals surface area (Å²) in [6, 6.07) is 0. The van der Waals surface area contributed by atoms with Crippen molar-refractivity contribution in [2.45, 2.75) is 66.2 Å². The van der Waals surface area contributed by atoms with Gasteiger partial charge in [0, 0.05) is 0 Å². The van der Waals surface area contributed by atoms with E-state index in [2.05, 4.69) is 27.7 Å². The van der Waals surface area contributed by atoms with E-state index in [9.17, 15) is 0 Å². The van der Waals surface area contributed by atoms with Gasteiger partial charge in [0.2, 0.25) is 0 Å². The van der Waals surface area contributed by atoms with E-state index in [0.29, 0.717) is 5.41 Å². The van der Waals surface area contributed by atoms with E-state index in [-0.39, 0.29) is 0 Å².